The molecular formula is C10H13BN2O2. The highest BCUT2D eigenvalue weighted by Crippen LogP contribution is 2.16. The van der Waals surface area contributed by atoms with Crippen LogP contribution < -0.4 is 15.1 Å². The summed E-state index contributed by atoms with van der Waals surface area (Å²) in [6.07, 6.45) is 1.63. The van der Waals surface area contributed by atoms with Gasteiger partial charge in [0.05, 0.1) is 20.3 Å². The largest absolute Gasteiger partial charge is 0.497 e. The van der Waals surface area contributed by atoms with E-state index in [4.69, 9.17) is 17.3 Å². The predicted octanol–water partition coefficient (Wildman–Crippen LogP) is -0.279. The van der Waals surface area contributed by atoms with Crippen LogP contribution in [0.1, 0.15) is 0 Å². The summed E-state index contributed by atoms with van der Waals surface area (Å²) >= 11 is 0. The molecule has 0 atom stereocenters. The molecule has 1 aliphatic rings. The summed E-state index contributed by atoms with van der Waals surface area (Å²) in [6, 6.07) is 1.86. The van der Waals surface area contributed by atoms with Gasteiger partial charge in [0, 0.05) is 25.4 Å². The van der Waals surface area contributed by atoms with Crippen LogP contribution in [0.5, 0.6) is 5.75 Å². The van der Waals surface area contributed by atoms with Gasteiger partial charge in [0.25, 0.3) is 0 Å². The van der Waals surface area contributed by atoms with Gasteiger partial charge in [0.2, 0.25) is 0 Å². The van der Waals surface area contributed by atoms with Crippen LogP contribution in [0.2, 0.25) is 0 Å². The number of morpholine rings is 1. The average molecular weight is 204 g/mol. The summed E-state index contributed by atoms with van der Waals surface area (Å²) < 4.78 is 10.4. The summed E-state index contributed by atoms with van der Waals surface area (Å²) in [4.78, 5) is 6.43. The van der Waals surface area contributed by atoms with Crippen molar-refractivity contribution in [1.29, 1.82) is 0 Å². The van der Waals surface area contributed by atoms with Crippen molar-refractivity contribution in [2.75, 3.05) is 38.3 Å². The third-order valence-electron chi connectivity index (χ3n) is 2.44. The van der Waals surface area contributed by atoms with E-state index in [1.165, 1.54) is 0 Å². The van der Waals surface area contributed by atoms with Gasteiger partial charge in [0.1, 0.15) is 19.4 Å². The van der Waals surface area contributed by atoms with Gasteiger partial charge < -0.3 is 14.4 Å². The Morgan fingerprint density at radius 3 is 2.87 bits per heavy atom. The normalized spacial score (nSPS) is 16.5. The number of methoxy groups -OCH3 is 1. The fraction of sp³-hybridized carbons (Fsp3) is 0.500. The van der Waals surface area contributed by atoms with Gasteiger partial charge in [-0.3, -0.25) is 0 Å². The van der Waals surface area contributed by atoms with E-state index in [1.807, 2.05) is 6.07 Å². The summed E-state index contributed by atoms with van der Waals surface area (Å²) in [5.41, 5.74) is 0.564. The van der Waals surface area contributed by atoms with Gasteiger partial charge >= 0.3 is 0 Å². The van der Waals surface area contributed by atoms with Gasteiger partial charge in [-0.05, 0) is 5.46 Å². The second-order valence-corrected chi connectivity index (χ2v) is 3.38. The first-order chi connectivity index (χ1) is 7.31. The van der Waals surface area contributed by atoms with Crippen LogP contribution in [0.15, 0.2) is 12.3 Å². The van der Waals surface area contributed by atoms with E-state index in [9.17, 15) is 0 Å². The molecule has 5 heteroatoms. The lowest BCUT2D eigenvalue weighted by Gasteiger charge is -2.28. The molecule has 0 saturated carbocycles. The lowest BCUT2D eigenvalue weighted by Crippen LogP contribution is -2.37. The number of ether oxygens (including phenoxy) is 2. The molecule has 0 aromatic carbocycles. The number of anilines is 1. The number of pyridine rings is 1. The fourth-order valence-corrected chi connectivity index (χ4v) is 1.58. The van der Waals surface area contributed by atoms with Crippen LogP contribution in [0.25, 0.3) is 0 Å². The average Bonchev–Trinajstić information content (AvgIpc) is 2.31. The van der Waals surface area contributed by atoms with Gasteiger partial charge in [-0.25, -0.2) is 4.98 Å². The maximum atomic E-state index is 5.70. The van der Waals surface area contributed by atoms with E-state index in [0.717, 1.165) is 32.1 Å². The molecule has 2 heterocycles. The molecule has 0 N–H and O–H groups in total. The molecule has 0 unspecified atom stereocenters. The molecule has 2 radical (unpaired) electrons. The van der Waals surface area contributed by atoms with E-state index in [0.29, 0.717) is 11.2 Å². The number of aromatic nitrogens is 1. The predicted molar refractivity (Wildman–Crippen MR) is 59.2 cm³/mol. The SMILES string of the molecule is [B]c1cnc(N2CCOCC2)cc1OC. The minimum absolute atomic E-state index is 0.564. The zero-order valence-corrected chi connectivity index (χ0v) is 8.77. The molecule has 0 amide bonds. The maximum absolute atomic E-state index is 5.70. The minimum Gasteiger partial charge on any atom is -0.497 e. The lowest BCUT2D eigenvalue weighted by atomic mass is 9.97. The molecular weight excluding hydrogens is 191 g/mol. The van der Waals surface area contributed by atoms with Crippen molar-refractivity contribution >= 4 is 19.1 Å². The Morgan fingerprint density at radius 1 is 1.47 bits per heavy atom. The Morgan fingerprint density at radius 2 is 2.20 bits per heavy atom. The van der Waals surface area contributed by atoms with Crippen molar-refractivity contribution < 1.29 is 9.47 Å². The zero-order valence-electron chi connectivity index (χ0n) is 8.77. The van der Waals surface area contributed by atoms with Crippen molar-refractivity contribution in [2.24, 2.45) is 0 Å². The summed E-state index contributed by atoms with van der Waals surface area (Å²) in [7, 11) is 7.30. The molecule has 1 aromatic heterocycles. The van der Waals surface area contributed by atoms with Gasteiger partial charge in [0.15, 0.2) is 0 Å². The molecule has 1 saturated heterocycles. The molecule has 4 nitrogen and oxygen atoms in total. The van der Waals surface area contributed by atoms with Gasteiger partial charge in [-0.2, -0.15) is 0 Å². The Hall–Kier alpha value is -1.23. The van der Waals surface area contributed by atoms with E-state index in [2.05, 4.69) is 9.88 Å². The van der Waals surface area contributed by atoms with Crippen molar-refractivity contribution in [3.63, 3.8) is 0 Å². The van der Waals surface area contributed by atoms with E-state index < -0.39 is 0 Å². The van der Waals surface area contributed by atoms with Crippen LogP contribution in [0.4, 0.5) is 5.82 Å². The third kappa shape index (κ3) is 2.23. The van der Waals surface area contributed by atoms with Gasteiger partial charge in [-0.1, -0.05) is 0 Å². The number of rotatable bonds is 2. The molecule has 1 aromatic rings. The summed E-state index contributed by atoms with van der Waals surface area (Å²) in [6.45, 7) is 3.21. The first-order valence-corrected chi connectivity index (χ1v) is 4.93. The number of hydrogen-bond acceptors (Lipinski definition) is 4. The summed E-state index contributed by atoms with van der Waals surface area (Å²) in [5, 5.41) is 0. The van der Waals surface area contributed by atoms with Gasteiger partial charge in [-0.15, -0.1) is 0 Å². The highest BCUT2D eigenvalue weighted by atomic mass is 16.5. The fourth-order valence-electron chi connectivity index (χ4n) is 1.58. The van der Waals surface area contributed by atoms with Crippen LogP contribution in [0, 0.1) is 0 Å². The molecule has 0 bridgehead atoms. The molecule has 78 valence electrons. The molecule has 15 heavy (non-hydrogen) atoms. The Balaban J connectivity index is 2.20. The van der Waals surface area contributed by atoms with Crippen LogP contribution in [0.3, 0.4) is 0 Å². The Kier molecular flexibility index (Phi) is 3.11. The Bertz CT molecular complexity index is 340. The standard InChI is InChI=1S/C10H13BN2O2/c1-14-9-6-10(12-7-8(9)11)13-2-4-15-5-3-13/h6-7H,2-5H2,1H3. The van der Waals surface area contributed by atoms with Crippen LogP contribution in [-0.2, 0) is 4.74 Å². The first kappa shape index (κ1) is 10.3. The topological polar surface area (TPSA) is 34.6 Å². The second-order valence-electron chi connectivity index (χ2n) is 3.38. The molecule has 0 aliphatic carbocycles. The number of hydrogen-bond donors (Lipinski definition) is 0. The highest BCUT2D eigenvalue weighted by Gasteiger charge is 2.13. The summed E-state index contributed by atoms with van der Waals surface area (Å²) in [5.74, 6) is 1.57. The van der Waals surface area contributed by atoms with E-state index in [1.54, 1.807) is 13.3 Å². The zero-order chi connectivity index (χ0) is 10.7. The highest BCUT2D eigenvalue weighted by molar-refractivity contribution is 6.34. The molecule has 0 spiro atoms. The Labute approximate surface area is 90.6 Å². The van der Waals surface area contributed by atoms with Crippen LogP contribution in [-0.4, -0.2) is 46.2 Å². The van der Waals surface area contributed by atoms with E-state index >= 15 is 0 Å². The first-order valence-electron chi connectivity index (χ1n) is 4.93. The van der Waals surface area contributed by atoms with Crippen molar-refractivity contribution in [3.05, 3.63) is 12.3 Å². The molecule has 1 fully saturated rings. The van der Waals surface area contributed by atoms with Crippen molar-refractivity contribution in [2.45, 2.75) is 0 Å². The molecule has 2 rings (SSSR count). The quantitative estimate of drug-likeness (QED) is 0.620. The second kappa shape index (κ2) is 4.53. The van der Waals surface area contributed by atoms with Crippen molar-refractivity contribution in [1.82, 2.24) is 4.98 Å². The third-order valence-corrected chi connectivity index (χ3v) is 2.44. The van der Waals surface area contributed by atoms with E-state index in [-0.39, 0.29) is 0 Å². The minimum atomic E-state index is 0.564. The lowest BCUT2D eigenvalue weighted by molar-refractivity contribution is 0.122. The smallest absolute Gasteiger partial charge is 0.132 e. The molecule has 1 aliphatic heterocycles. The maximum Gasteiger partial charge on any atom is 0.132 e. The monoisotopic (exact) mass is 204 g/mol. The van der Waals surface area contributed by atoms with Crippen LogP contribution >= 0.6 is 0 Å². The van der Waals surface area contributed by atoms with Crippen molar-refractivity contribution in [3.8, 4) is 5.75 Å². The number of nitrogens with zero attached hydrogens (tertiary/aromatic N) is 2.